The van der Waals surface area contributed by atoms with Crippen LogP contribution in [0.1, 0.15) is 31.9 Å². The lowest BCUT2D eigenvalue weighted by atomic mass is 10.2. The quantitative estimate of drug-likeness (QED) is 0.742. The van der Waals surface area contributed by atoms with Gasteiger partial charge in [0.05, 0.1) is 25.9 Å². The molecule has 1 heterocycles. The van der Waals surface area contributed by atoms with Crippen LogP contribution in [0.25, 0.3) is 0 Å². The molecule has 0 aliphatic heterocycles. The van der Waals surface area contributed by atoms with Gasteiger partial charge in [-0.1, -0.05) is 30.3 Å². The van der Waals surface area contributed by atoms with Crippen molar-refractivity contribution >= 4 is 5.97 Å². The van der Waals surface area contributed by atoms with Crippen molar-refractivity contribution in [1.29, 1.82) is 0 Å². The largest absolute Gasteiger partial charge is 0.459 e. The third-order valence-corrected chi connectivity index (χ3v) is 3.47. The van der Waals surface area contributed by atoms with Crippen molar-refractivity contribution in [2.75, 3.05) is 19.7 Å². The highest BCUT2D eigenvalue weighted by Crippen LogP contribution is 2.10. The van der Waals surface area contributed by atoms with Crippen molar-refractivity contribution in [3.8, 4) is 0 Å². The molecule has 2 rings (SSSR count). The minimum atomic E-state index is -0.511. The fourth-order valence-electron chi connectivity index (χ4n) is 2.51. The molecule has 136 valence electrons. The Morgan fingerprint density at radius 2 is 1.96 bits per heavy atom. The van der Waals surface area contributed by atoms with E-state index in [4.69, 9.17) is 4.74 Å². The van der Waals surface area contributed by atoms with Crippen LogP contribution in [0.2, 0.25) is 0 Å². The first kappa shape index (κ1) is 19.1. The maximum atomic E-state index is 12.0. The van der Waals surface area contributed by atoms with E-state index in [0.29, 0.717) is 19.6 Å². The predicted octanol–water partition coefficient (Wildman–Crippen LogP) is 2.07. The molecule has 0 bridgehead atoms. The second-order valence-corrected chi connectivity index (χ2v) is 7.05. The Morgan fingerprint density at radius 1 is 1.24 bits per heavy atom. The summed E-state index contributed by atoms with van der Waals surface area (Å²) in [5, 5.41) is 13.6. The highest BCUT2D eigenvalue weighted by atomic mass is 16.6. The first-order valence-electron chi connectivity index (χ1n) is 8.46. The average molecular weight is 345 g/mol. The fourth-order valence-corrected chi connectivity index (χ4v) is 2.51. The van der Waals surface area contributed by atoms with Gasteiger partial charge in [0.15, 0.2) is 0 Å². The van der Waals surface area contributed by atoms with Gasteiger partial charge in [-0.2, -0.15) is 5.10 Å². The Bertz CT molecular complexity index is 662. The van der Waals surface area contributed by atoms with E-state index in [1.165, 1.54) is 5.56 Å². The third-order valence-electron chi connectivity index (χ3n) is 3.47. The number of aromatic nitrogens is 2. The minimum absolute atomic E-state index is 0.0129. The van der Waals surface area contributed by atoms with Gasteiger partial charge in [0.25, 0.3) is 0 Å². The number of nitrogens with zero attached hydrogens (tertiary/aromatic N) is 3. The third kappa shape index (κ3) is 7.07. The molecule has 1 aromatic heterocycles. The average Bonchev–Trinajstić information content (AvgIpc) is 2.93. The molecule has 0 spiro atoms. The monoisotopic (exact) mass is 345 g/mol. The lowest BCUT2D eigenvalue weighted by molar-refractivity contribution is -0.156. The molecule has 0 atom stereocenters. The van der Waals surface area contributed by atoms with Crippen molar-refractivity contribution in [3.05, 3.63) is 53.9 Å². The van der Waals surface area contributed by atoms with Crippen LogP contribution < -0.4 is 0 Å². The first-order chi connectivity index (χ1) is 11.9. The number of carbonyl (C=O) groups is 1. The van der Waals surface area contributed by atoms with Crippen LogP contribution in [-0.4, -0.2) is 51.1 Å². The summed E-state index contributed by atoms with van der Waals surface area (Å²) >= 11 is 0. The van der Waals surface area contributed by atoms with E-state index in [9.17, 15) is 9.90 Å². The summed E-state index contributed by atoms with van der Waals surface area (Å²) in [6, 6.07) is 10.1. The SMILES string of the molecule is CC(C)(C)OC(=O)CN(CCO)Cc1cnn(Cc2ccccc2)c1. The standard InChI is InChI=1S/C19H27N3O3/c1-19(2,3)25-18(24)15-21(9-10-23)12-17-11-20-22(14-17)13-16-7-5-4-6-8-16/h4-8,11,14,23H,9-10,12-13,15H2,1-3H3. The second kappa shape index (κ2) is 8.78. The van der Waals surface area contributed by atoms with E-state index in [-0.39, 0.29) is 19.1 Å². The molecule has 0 radical (unpaired) electrons. The molecule has 0 aliphatic rings. The van der Waals surface area contributed by atoms with Gasteiger partial charge in [-0.3, -0.25) is 14.4 Å². The van der Waals surface area contributed by atoms with Gasteiger partial charge in [0, 0.05) is 24.8 Å². The normalized spacial score (nSPS) is 11.7. The summed E-state index contributed by atoms with van der Waals surface area (Å²) in [7, 11) is 0. The molecule has 0 aliphatic carbocycles. The van der Waals surface area contributed by atoms with Crippen LogP contribution in [0.4, 0.5) is 0 Å². The number of esters is 1. The number of rotatable bonds is 8. The molecule has 25 heavy (non-hydrogen) atoms. The number of hydrogen-bond donors (Lipinski definition) is 1. The zero-order valence-corrected chi connectivity index (χ0v) is 15.2. The topological polar surface area (TPSA) is 67.6 Å². The molecule has 0 fully saturated rings. The lowest BCUT2D eigenvalue weighted by Crippen LogP contribution is -2.36. The molecule has 0 amide bonds. The number of aliphatic hydroxyl groups excluding tert-OH is 1. The number of carbonyl (C=O) groups excluding carboxylic acids is 1. The summed E-state index contributed by atoms with van der Waals surface area (Å²) in [6.45, 7) is 7.30. The molecular weight excluding hydrogens is 318 g/mol. The Balaban J connectivity index is 1.94. The van der Waals surface area contributed by atoms with Gasteiger partial charge in [0.2, 0.25) is 0 Å². The summed E-state index contributed by atoms with van der Waals surface area (Å²) in [5.74, 6) is -0.294. The van der Waals surface area contributed by atoms with Crippen LogP contribution in [0.5, 0.6) is 0 Å². The highest BCUT2D eigenvalue weighted by molar-refractivity contribution is 5.72. The Kier molecular flexibility index (Phi) is 6.73. The molecule has 0 saturated carbocycles. The van der Waals surface area contributed by atoms with E-state index >= 15 is 0 Å². The minimum Gasteiger partial charge on any atom is -0.459 e. The van der Waals surface area contributed by atoms with Gasteiger partial charge in [0.1, 0.15) is 5.60 Å². The van der Waals surface area contributed by atoms with Crippen molar-refractivity contribution in [2.24, 2.45) is 0 Å². The van der Waals surface area contributed by atoms with E-state index < -0.39 is 5.60 Å². The predicted molar refractivity (Wildman–Crippen MR) is 96.0 cm³/mol. The van der Waals surface area contributed by atoms with Crippen LogP contribution in [0.3, 0.4) is 0 Å². The lowest BCUT2D eigenvalue weighted by Gasteiger charge is -2.24. The summed E-state index contributed by atoms with van der Waals surface area (Å²) < 4.78 is 7.22. The van der Waals surface area contributed by atoms with Crippen LogP contribution in [0.15, 0.2) is 42.7 Å². The fraction of sp³-hybridized carbons (Fsp3) is 0.474. The maximum absolute atomic E-state index is 12.0. The van der Waals surface area contributed by atoms with Gasteiger partial charge in [-0.05, 0) is 26.3 Å². The molecule has 6 heteroatoms. The van der Waals surface area contributed by atoms with Crippen molar-refractivity contribution < 1.29 is 14.6 Å². The molecule has 1 N–H and O–H groups in total. The molecular formula is C19H27N3O3. The van der Waals surface area contributed by atoms with E-state index in [2.05, 4.69) is 17.2 Å². The van der Waals surface area contributed by atoms with Crippen LogP contribution in [0, 0.1) is 0 Å². The number of benzene rings is 1. The zero-order valence-electron chi connectivity index (χ0n) is 15.2. The van der Waals surface area contributed by atoms with E-state index in [1.807, 2.05) is 54.7 Å². The van der Waals surface area contributed by atoms with Crippen LogP contribution in [-0.2, 0) is 22.6 Å². The van der Waals surface area contributed by atoms with E-state index in [0.717, 1.165) is 5.56 Å². The van der Waals surface area contributed by atoms with Gasteiger partial charge in [-0.25, -0.2) is 0 Å². The molecule has 2 aromatic rings. The molecule has 0 unspecified atom stereocenters. The number of ether oxygens (including phenoxy) is 1. The first-order valence-corrected chi connectivity index (χ1v) is 8.46. The van der Waals surface area contributed by atoms with E-state index in [1.54, 1.807) is 6.20 Å². The number of hydrogen-bond acceptors (Lipinski definition) is 5. The van der Waals surface area contributed by atoms with Crippen molar-refractivity contribution in [1.82, 2.24) is 14.7 Å². The summed E-state index contributed by atoms with van der Waals surface area (Å²) in [5.41, 5.74) is 1.66. The Hall–Kier alpha value is -2.18. The summed E-state index contributed by atoms with van der Waals surface area (Å²) in [4.78, 5) is 13.9. The molecule has 6 nitrogen and oxygen atoms in total. The second-order valence-electron chi connectivity index (χ2n) is 7.05. The van der Waals surface area contributed by atoms with Gasteiger partial charge in [-0.15, -0.1) is 0 Å². The Labute approximate surface area is 149 Å². The zero-order chi connectivity index (χ0) is 18.3. The van der Waals surface area contributed by atoms with Crippen LogP contribution >= 0.6 is 0 Å². The van der Waals surface area contributed by atoms with Gasteiger partial charge >= 0.3 is 5.97 Å². The molecule has 0 saturated heterocycles. The Morgan fingerprint density at radius 3 is 2.60 bits per heavy atom. The maximum Gasteiger partial charge on any atom is 0.320 e. The number of aliphatic hydroxyl groups is 1. The van der Waals surface area contributed by atoms with Crippen molar-refractivity contribution in [2.45, 2.75) is 39.5 Å². The van der Waals surface area contributed by atoms with Gasteiger partial charge < -0.3 is 9.84 Å². The highest BCUT2D eigenvalue weighted by Gasteiger charge is 2.19. The smallest absolute Gasteiger partial charge is 0.320 e. The summed E-state index contributed by atoms with van der Waals surface area (Å²) in [6.07, 6.45) is 3.76. The molecule has 1 aromatic carbocycles. The van der Waals surface area contributed by atoms with Crippen molar-refractivity contribution in [3.63, 3.8) is 0 Å².